The highest BCUT2D eigenvalue weighted by atomic mass is 19.3. The lowest BCUT2D eigenvalue weighted by molar-refractivity contribution is -0.115. The summed E-state index contributed by atoms with van der Waals surface area (Å²) in [6.07, 6.45) is 0.619. The lowest BCUT2D eigenvalue weighted by Crippen LogP contribution is -2.23. The lowest BCUT2D eigenvalue weighted by atomic mass is 10.2. The SMILES string of the molecule is CCC(=O)Nc1cc(C(=O)NCc2cnc(OCC(F)F)c(C)c2)ccn1. The quantitative estimate of drug-likeness (QED) is 0.737. The largest absolute Gasteiger partial charge is 0.471 e. The van der Waals surface area contributed by atoms with Gasteiger partial charge in [0, 0.05) is 36.5 Å². The molecule has 2 aromatic heterocycles. The Bertz CT molecular complexity index is 815. The summed E-state index contributed by atoms with van der Waals surface area (Å²) in [6, 6.07) is 4.71. The molecule has 2 aromatic rings. The third-order valence-electron chi connectivity index (χ3n) is 3.50. The molecule has 27 heavy (non-hydrogen) atoms. The maximum Gasteiger partial charge on any atom is 0.272 e. The molecule has 7 nitrogen and oxygen atoms in total. The number of alkyl halides is 2. The molecule has 0 saturated carbocycles. The minimum absolute atomic E-state index is 0.135. The molecule has 2 N–H and O–H groups in total. The van der Waals surface area contributed by atoms with Gasteiger partial charge in [0.05, 0.1) is 0 Å². The summed E-state index contributed by atoms with van der Waals surface area (Å²) >= 11 is 0. The highest BCUT2D eigenvalue weighted by Gasteiger charge is 2.10. The zero-order valence-electron chi connectivity index (χ0n) is 15.0. The van der Waals surface area contributed by atoms with Crippen molar-refractivity contribution in [1.82, 2.24) is 15.3 Å². The Morgan fingerprint density at radius 1 is 1.26 bits per heavy atom. The Morgan fingerprint density at radius 2 is 2.04 bits per heavy atom. The van der Waals surface area contributed by atoms with Gasteiger partial charge in [-0.15, -0.1) is 0 Å². The summed E-state index contributed by atoms with van der Waals surface area (Å²) in [5.74, 6) is -0.112. The summed E-state index contributed by atoms with van der Waals surface area (Å²) in [7, 11) is 0. The van der Waals surface area contributed by atoms with Gasteiger partial charge in [-0.1, -0.05) is 6.92 Å². The molecule has 2 rings (SSSR count). The molecule has 0 atom stereocenters. The van der Waals surface area contributed by atoms with Crippen LogP contribution in [0.4, 0.5) is 14.6 Å². The molecule has 0 aliphatic heterocycles. The first kappa shape index (κ1) is 20.2. The fourth-order valence-corrected chi connectivity index (χ4v) is 2.17. The van der Waals surface area contributed by atoms with Gasteiger partial charge in [-0.2, -0.15) is 0 Å². The molecule has 0 aromatic carbocycles. The van der Waals surface area contributed by atoms with Crippen molar-refractivity contribution in [1.29, 1.82) is 0 Å². The number of rotatable bonds is 8. The van der Waals surface area contributed by atoms with Gasteiger partial charge in [-0.05, 0) is 30.7 Å². The van der Waals surface area contributed by atoms with Gasteiger partial charge < -0.3 is 15.4 Å². The average molecular weight is 378 g/mol. The van der Waals surface area contributed by atoms with Crippen molar-refractivity contribution >= 4 is 17.6 Å². The number of halogens is 2. The smallest absolute Gasteiger partial charge is 0.272 e. The molecule has 144 valence electrons. The zero-order chi connectivity index (χ0) is 19.8. The van der Waals surface area contributed by atoms with Crippen molar-refractivity contribution in [3.8, 4) is 5.88 Å². The second-order valence-corrected chi connectivity index (χ2v) is 5.68. The number of amides is 2. The van der Waals surface area contributed by atoms with E-state index in [2.05, 4.69) is 20.6 Å². The first-order valence-corrected chi connectivity index (χ1v) is 8.29. The van der Waals surface area contributed by atoms with Gasteiger partial charge in [0.1, 0.15) is 5.82 Å². The minimum atomic E-state index is -2.57. The number of ether oxygens (including phenoxy) is 1. The fraction of sp³-hybridized carbons (Fsp3) is 0.333. The van der Waals surface area contributed by atoms with Crippen LogP contribution in [0.15, 0.2) is 30.6 Å². The van der Waals surface area contributed by atoms with Gasteiger partial charge in [0.25, 0.3) is 12.3 Å². The molecule has 0 aliphatic carbocycles. The molecule has 0 bridgehead atoms. The van der Waals surface area contributed by atoms with Crippen molar-refractivity contribution in [2.45, 2.75) is 33.2 Å². The maximum atomic E-state index is 12.3. The van der Waals surface area contributed by atoms with Crippen molar-refractivity contribution < 1.29 is 23.1 Å². The van der Waals surface area contributed by atoms with Crippen LogP contribution in [-0.2, 0) is 11.3 Å². The van der Waals surface area contributed by atoms with Crippen LogP contribution < -0.4 is 15.4 Å². The van der Waals surface area contributed by atoms with E-state index >= 15 is 0 Å². The minimum Gasteiger partial charge on any atom is -0.471 e. The number of aryl methyl sites for hydroxylation is 1. The Labute approximate surface area is 155 Å². The van der Waals surface area contributed by atoms with E-state index in [1.807, 2.05) is 0 Å². The van der Waals surface area contributed by atoms with E-state index in [4.69, 9.17) is 4.74 Å². The van der Waals surface area contributed by atoms with Crippen LogP contribution in [0, 0.1) is 6.92 Å². The standard InChI is InChI=1S/C18H20F2N4O3/c1-3-16(25)24-15-7-13(4-5-21-15)17(26)22-8-12-6-11(2)18(23-9-12)27-10-14(19)20/h4-7,9,14H,3,8,10H2,1-2H3,(H,22,26)(H,21,24,25). The number of hydrogen-bond donors (Lipinski definition) is 2. The van der Waals surface area contributed by atoms with Crippen LogP contribution in [0.1, 0.15) is 34.8 Å². The molecule has 0 spiro atoms. The van der Waals surface area contributed by atoms with Crippen molar-refractivity contribution in [3.05, 3.63) is 47.3 Å². The van der Waals surface area contributed by atoms with Gasteiger partial charge in [0.2, 0.25) is 11.8 Å². The summed E-state index contributed by atoms with van der Waals surface area (Å²) in [6.45, 7) is 2.88. The van der Waals surface area contributed by atoms with Gasteiger partial charge >= 0.3 is 0 Å². The van der Waals surface area contributed by atoms with Crippen molar-refractivity contribution in [2.75, 3.05) is 11.9 Å². The van der Waals surface area contributed by atoms with Gasteiger partial charge in [-0.3, -0.25) is 9.59 Å². The normalized spacial score (nSPS) is 10.6. The molecule has 0 aliphatic rings. The van der Waals surface area contributed by atoms with Crippen LogP contribution in [0.3, 0.4) is 0 Å². The number of pyridine rings is 2. The molecule has 0 radical (unpaired) electrons. The first-order chi connectivity index (χ1) is 12.9. The van der Waals surface area contributed by atoms with E-state index < -0.39 is 13.0 Å². The average Bonchev–Trinajstić information content (AvgIpc) is 2.65. The number of carbonyl (C=O) groups excluding carboxylic acids is 2. The van der Waals surface area contributed by atoms with Gasteiger partial charge in [0.15, 0.2) is 6.61 Å². The number of nitrogens with one attached hydrogen (secondary N) is 2. The summed E-state index contributed by atoms with van der Waals surface area (Å²) in [4.78, 5) is 31.7. The van der Waals surface area contributed by atoms with Crippen LogP contribution in [0.5, 0.6) is 5.88 Å². The van der Waals surface area contributed by atoms with Crippen LogP contribution >= 0.6 is 0 Å². The highest BCUT2D eigenvalue weighted by Crippen LogP contribution is 2.16. The summed E-state index contributed by atoms with van der Waals surface area (Å²) in [5.41, 5.74) is 1.63. The maximum absolute atomic E-state index is 12.3. The number of hydrogen-bond acceptors (Lipinski definition) is 5. The number of aromatic nitrogens is 2. The lowest BCUT2D eigenvalue weighted by Gasteiger charge is -2.10. The second kappa shape index (κ2) is 9.56. The van der Waals surface area contributed by atoms with E-state index in [-0.39, 0.29) is 24.2 Å². The van der Waals surface area contributed by atoms with Crippen LogP contribution in [0.25, 0.3) is 0 Å². The molecular formula is C18H20F2N4O3. The Hall–Kier alpha value is -3.10. The number of carbonyl (C=O) groups is 2. The Balaban J connectivity index is 1.96. The van der Waals surface area contributed by atoms with E-state index in [0.717, 1.165) is 0 Å². The zero-order valence-corrected chi connectivity index (χ0v) is 15.0. The first-order valence-electron chi connectivity index (χ1n) is 8.29. The molecule has 0 unspecified atom stereocenters. The van der Waals surface area contributed by atoms with Crippen molar-refractivity contribution in [3.63, 3.8) is 0 Å². The van der Waals surface area contributed by atoms with E-state index in [1.165, 1.54) is 24.5 Å². The molecule has 0 saturated heterocycles. The molecule has 2 amide bonds. The summed E-state index contributed by atoms with van der Waals surface area (Å²) < 4.78 is 29.3. The van der Waals surface area contributed by atoms with Crippen LogP contribution in [-0.4, -0.2) is 34.8 Å². The van der Waals surface area contributed by atoms with E-state index in [9.17, 15) is 18.4 Å². The predicted octanol–water partition coefficient (Wildman–Crippen LogP) is 2.71. The summed E-state index contributed by atoms with van der Waals surface area (Å²) in [5, 5.41) is 5.31. The Kier molecular flexibility index (Phi) is 7.16. The molecule has 9 heteroatoms. The molecule has 0 fully saturated rings. The molecule has 2 heterocycles. The predicted molar refractivity (Wildman–Crippen MR) is 94.8 cm³/mol. The van der Waals surface area contributed by atoms with Crippen LogP contribution in [0.2, 0.25) is 0 Å². The Morgan fingerprint density at radius 3 is 2.70 bits per heavy atom. The second-order valence-electron chi connectivity index (χ2n) is 5.68. The molecular weight excluding hydrogens is 358 g/mol. The van der Waals surface area contributed by atoms with E-state index in [1.54, 1.807) is 19.9 Å². The highest BCUT2D eigenvalue weighted by molar-refractivity contribution is 5.96. The fourth-order valence-electron chi connectivity index (χ4n) is 2.17. The topological polar surface area (TPSA) is 93.2 Å². The van der Waals surface area contributed by atoms with E-state index in [0.29, 0.717) is 28.9 Å². The monoisotopic (exact) mass is 378 g/mol. The van der Waals surface area contributed by atoms with Crippen molar-refractivity contribution in [2.24, 2.45) is 0 Å². The number of nitrogens with zero attached hydrogens (tertiary/aromatic N) is 2. The van der Waals surface area contributed by atoms with Gasteiger partial charge in [-0.25, -0.2) is 18.7 Å². The third-order valence-corrected chi connectivity index (χ3v) is 3.50. The third kappa shape index (κ3) is 6.28. The number of anilines is 1.